The van der Waals surface area contributed by atoms with Crippen LogP contribution in [0, 0.1) is 12.3 Å². The molecule has 24 heavy (non-hydrogen) atoms. The van der Waals surface area contributed by atoms with Crippen LogP contribution < -0.4 is 0 Å². The molecule has 0 aromatic heterocycles. The molecule has 142 valence electrons. The Morgan fingerprint density at radius 1 is 0.583 bits per heavy atom. The molecule has 0 unspecified atom stereocenters. The third-order valence-electron chi connectivity index (χ3n) is 2.81. The Kier molecular flexibility index (Phi) is 5.83. The lowest BCUT2D eigenvalue weighted by Gasteiger charge is -2.39. The van der Waals surface area contributed by atoms with Gasteiger partial charge in [0, 0.05) is 12.8 Å². The van der Waals surface area contributed by atoms with Crippen molar-refractivity contribution in [3.05, 3.63) is 0 Å². The molecular weight excluding hydrogens is 379 g/mol. The van der Waals surface area contributed by atoms with Crippen molar-refractivity contribution in [2.45, 2.75) is 55.1 Å². The monoisotopic (exact) mass is 386 g/mol. The summed E-state index contributed by atoms with van der Waals surface area (Å²) in [5, 5.41) is 0. The Morgan fingerprint density at radius 3 is 1.29 bits per heavy atom. The van der Waals surface area contributed by atoms with Crippen LogP contribution in [0.25, 0.3) is 0 Å². The molecule has 0 aliphatic rings. The van der Waals surface area contributed by atoms with E-state index in [-0.39, 0.29) is 0 Å². The molecule has 0 atom stereocenters. The second-order valence-electron chi connectivity index (χ2n) is 4.56. The summed E-state index contributed by atoms with van der Waals surface area (Å²) in [7, 11) is 0. The smallest absolute Gasteiger partial charge is 0.200 e. The van der Waals surface area contributed by atoms with Gasteiger partial charge in [-0.25, -0.2) is 0 Å². The van der Waals surface area contributed by atoms with Crippen LogP contribution in [-0.2, 0) is 0 Å². The Labute approximate surface area is 126 Å². The molecule has 13 heteroatoms. The van der Waals surface area contributed by atoms with Crippen molar-refractivity contribution >= 4 is 0 Å². The minimum absolute atomic E-state index is 0.688. The summed E-state index contributed by atoms with van der Waals surface area (Å²) in [4.78, 5) is 0. The quantitative estimate of drug-likeness (QED) is 0.307. The van der Waals surface area contributed by atoms with E-state index in [9.17, 15) is 57.1 Å². The van der Waals surface area contributed by atoms with Gasteiger partial charge in [0.15, 0.2) is 0 Å². The molecule has 0 heterocycles. The van der Waals surface area contributed by atoms with Crippen molar-refractivity contribution in [3.63, 3.8) is 0 Å². The lowest BCUT2D eigenvalue weighted by atomic mass is 9.92. The Morgan fingerprint density at radius 2 is 0.958 bits per heavy atom. The highest BCUT2D eigenvalue weighted by atomic mass is 19.4. The normalized spacial score (nSPS) is 15.3. The summed E-state index contributed by atoms with van der Waals surface area (Å²) in [6, 6.07) is 0. The maximum Gasteiger partial charge on any atom is 0.460 e. The van der Waals surface area contributed by atoms with Crippen LogP contribution in [-0.4, -0.2) is 35.8 Å². The Bertz CT molecular complexity index is 479. The molecule has 0 saturated carbocycles. The highest BCUT2D eigenvalue weighted by molar-refractivity contribution is 5.10. The van der Waals surface area contributed by atoms with Crippen molar-refractivity contribution in [3.8, 4) is 12.3 Å². The van der Waals surface area contributed by atoms with Crippen molar-refractivity contribution in [1.82, 2.24) is 0 Å². The van der Waals surface area contributed by atoms with Gasteiger partial charge in [-0.15, -0.1) is 12.3 Å². The summed E-state index contributed by atoms with van der Waals surface area (Å²) >= 11 is 0. The van der Waals surface area contributed by atoms with Gasteiger partial charge in [-0.2, -0.15) is 57.1 Å². The highest BCUT2D eigenvalue weighted by Crippen LogP contribution is 2.60. The summed E-state index contributed by atoms with van der Waals surface area (Å²) in [6.07, 6.45) is -6.87. The number of hydrogen-bond donors (Lipinski definition) is 0. The molecule has 0 rings (SSSR count). The van der Waals surface area contributed by atoms with Gasteiger partial charge in [-0.05, 0) is 6.42 Å². The molecule has 0 fully saturated rings. The lowest BCUT2D eigenvalue weighted by molar-refractivity contribution is -0.440. The molecule has 0 nitrogen and oxygen atoms in total. The minimum Gasteiger partial charge on any atom is -0.200 e. The molecule has 0 aromatic carbocycles. The zero-order valence-corrected chi connectivity index (χ0v) is 11.1. The third-order valence-corrected chi connectivity index (χ3v) is 2.81. The van der Waals surface area contributed by atoms with E-state index in [0.29, 0.717) is 0 Å². The zero-order valence-electron chi connectivity index (χ0n) is 11.1. The van der Waals surface area contributed by atoms with E-state index in [4.69, 9.17) is 0 Å². The predicted octanol–water partition coefficient (Wildman–Crippen LogP) is 5.53. The van der Waals surface area contributed by atoms with Gasteiger partial charge in [-0.1, -0.05) is 0 Å². The average molecular weight is 386 g/mol. The van der Waals surface area contributed by atoms with Gasteiger partial charge in [0.2, 0.25) is 0 Å². The Hall–Kier alpha value is -1.35. The van der Waals surface area contributed by atoms with Crippen molar-refractivity contribution in [2.75, 3.05) is 0 Å². The summed E-state index contributed by atoms with van der Waals surface area (Å²) in [5.41, 5.74) is 0. The van der Waals surface area contributed by atoms with Crippen LogP contribution in [0.2, 0.25) is 0 Å². The van der Waals surface area contributed by atoms with Gasteiger partial charge >= 0.3 is 35.8 Å². The van der Waals surface area contributed by atoms with Crippen LogP contribution in [0.1, 0.15) is 19.3 Å². The van der Waals surface area contributed by atoms with E-state index < -0.39 is 55.1 Å². The number of alkyl halides is 13. The molecule has 0 radical (unpaired) electrons. The fraction of sp³-hybridized carbons (Fsp3) is 0.818. The summed E-state index contributed by atoms with van der Waals surface area (Å²) in [5.74, 6) is -34.9. The second-order valence-corrected chi connectivity index (χ2v) is 4.56. The van der Waals surface area contributed by atoms with E-state index in [1.807, 2.05) is 0 Å². The first-order valence-corrected chi connectivity index (χ1v) is 5.70. The number of unbranched alkanes of at least 4 members (excludes halogenated alkanes) is 1. The van der Waals surface area contributed by atoms with Gasteiger partial charge in [0.05, 0.1) is 0 Å². The number of rotatable bonds is 7. The molecule has 0 bridgehead atoms. The van der Waals surface area contributed by atoms with Crippen molar-refractivity contribution in [1.29, 1.82) is 0 Å². The first kappa shape index (κ1) is 22.6. The summed E-state index contributed by atoms with van der Waals surface area (Å²) < 4.78 is 164. The third kappa shape index (κ3) is 3.23. The largest absolute Gasteiger partial charge is 0.460 e. The molecule has 0 N–H and O–H groups in total. The molecule has 0 spiro atoms. The minimum atomic E-state index is -7.85. The van der Waals surface area contributed by atoms with Crippen molar-refractivity contribution in [2.24, 2.45) is 0 Å². The standard InChI is InChI=1S/C11H7F13/c1-2-3-4-5-6(12,13)7(14,15)8(16,17)9(18,19)10(20,21)11(22,23)24/h1H,3-5H2. The SMILES string of the molecule is C#CCCCC(F)(F)C(F)(F)C(F)(F)C(F)(F)C(F)(F)C(F)(F)F. The second kappa shape index (κ2) is 6.18. The lowest BCUT2D eigenvalue weighted by Crippen LogP contribution is -2.70. The van der Waals surface area contributed by atoms with Crippen LogP contribution in [0.4, 0.5) is 57.1 Å². The van der Waals surface area contributed by atoms with Crippen molar-refractivity contribution < 1.29 is 57.1 Å². The summed E-state index contributed by atoms with van der Waals surface area (Å²) in [6.45, 7) is 0. The van der Waals surface area contributed by atoms with Gasteiger partial charge in [0.1, 0.15) is 0 Å². The number of halogens is 13. The number of hydrogen-bond acceptors (Lipinski definition) is 0. The van der Waals surface area contributed by atoms with Gasteiger partial charge in [0.25, 0.3) is 0 Å². The first-order chi connectivity index (χ1) is 10.3. The zero-order chi connectivity index (χ0) is 19.8. The van der Waals surface area contributed by atoms with E-state index in [1.165, 1.54) is 0 Å². The molecule has 0 aliphatic carbocycles. The fourth-order valence-electron chi connectivity index (χ4n) is 1.37. The number of terminal acetylenes is 1. The van der Waals surface area contributed by atoms with E-state index in [1.54, 1.807) is 5.92 Å². The first-order valence-electron chi connectivity index (χ1n) is 5.70. The van der Waals surface area contributed by atoms with Crippen LogP contribution in [0.5, 0.6) is 0 Å². The molecule has 0 saturated heterocycles. The molecular formula is C11H7F13. The maximum atomic E-state index is 13.1. The highest BCUT2D eigenvalue weighted by Gasteiger charge is 2.90. The fourth-order valence-corrected chi connectivity index (χ4v) is 1.37. The van der Waals surface area contributed by atoms with Crippen LogP contribution in [0.3, 0.4) is 0 Å². The van der Waals surface area contributed by atoms with E-state index in [0.717, 1.165) is 0 Å². The van der Waals surface area contributed by atoms with Gasteiger partial charge < -0.3 is 0 Å². The molecule has 0 aromatic rings. The average Bonchev–Trinajstić information content (AvgIpc) is 2.36. The molecule has 0 amide bonds. The maximum absolute atomic E-state index is 13.1. The predicted molar refractivity (Wildman–Crippen MR) is 53.5 cm³/mol. The molecule has 0 aliphatic heterocycles. The van der Waals surface area contributed by atoms with Gasteiger partial charge in [-0.3, -0.25) is 0 Å². The van der Waals surface area contributed by atoms with Crippen LogP contribution in [0.15, 0.2) is 0 Å². The van der Waals surface area contributed by atoms with Crippen LogP contribution >= 0.6 is 0 Å². The van der Waals surface area contributed by atoms with E-state index in [2.05, 4.69) is 6.42 Å². The Balaban J connectivity index is 5.97. The van der Waals surface area contributed by atoms with E-state index >= 15 is 0 Å². The topological polar surface area (TPSA) is 0 Å².